The van der Waals surface area contributed by atoms with Crippen LogP contribution in [-0.4, -0.2) is 15.7 Å². The second-order valence-electron chi connectivity index (χ2n) is 3.94. The van der Waals surface area contributed by atoms with E-state index in [4.69, 9.17) is 4.74 Å². The van der Waals surface area contributed by atoms with Crippen LogP contribution in [0.2, 0.25) is 0 Å². The maximum Gasteiger partial charge on any atom is 0.274 e. The van der Waals surface area contributed by atoms with Crippen LogP contribution in [-0.2, 0) is 0 Å². The molecule has 102 valence electrons. The van der Waals surface area contributed by atoms with Crippen LogP contribution in [0.3, 0.4) is 0 Å². The molecule has 0 bridgehead atoms. The first-order valence-corrected chi connectivity index (χ1v) is 6.35. The normalized spacial score (nSPS) is 10.1. The molecule has 0 spiro atoms. The van der Waals surface area contributed by atoms with Gasteiger partial charge >= 0.3 is 0 Å². The van der Waals surface area contributed by atoms with E-state index in [-0.39, 0.29) is 11.5 Å². The lowest BCUT2D eigenvalue weighted by molar-refractivity contribution is -0.385. The van der Waals surface area contributed by atoms with Crippen LogP contribution in [0.1, 0.15) is 17.4 Å². The molecule has 0 aliphatic heterocycles. The van der Waals surface area contributed by atoms with E-state index in [1.807, 2.05) is 0 Å². The molecule has 0 unspecified atom stereocenters. The number of non-ortho nitro benzene ring substituents is 1. The zero-order chi connectivity index (χ0) is 14.7. The van der Waals surface area contributed by atoms with E-state index < -0.39 is 4.92 Å². The standard InChI is InChI=1S/C13H9BrN2O4/c1-8(17)13-3-2-11(7-15-13)20-12-5-9(14)4-10(6-12)16(18)19/h2-7H,1H3. The molecule has 20 heavy (non-hydrogen) atoms. The molecular weight excluding hydrogens is 328 g/mol. The molecule has 0 saturated carbocycles. The third kappa shape index (κ3) is 3.39. The Bertz CT molecular complexity index is 671. The number of Topliss-reactive ketones (excluding diaryl/α,β-unsaturated/α-hetero) is 1. The lowest BCUT2D eigenvalue weighted by Crippen LogP contribution is -1.96. The number of ketones is 1. The molecule has 6 nitrogen and oxygen atoms in total. The van der Waals surface area contributed by atoms with Crippen LogP contribution in [0, 0.1) is 10.1 Å². The van der Waals surface area contributed by atoms with Crippen molar-refractivity contribution in [3.05, 3.63) is 56.8 Å². The summed E-state index contributed by atoms with van der Waals surface area (Å²) < 4.78 is 6.01. The maximum absolute atomic E-state index is 11.1. The molecule has 0 aliphatic carbocycles. The molecular formula is C13H9BrN2O4. The quantitative estimate of drug-likeness (QED) is 0.482. The number of ether oxygens (including phenoxy) is 1. The Morgan fingerprint density at radius 1 is 1.30 bits per heavy atom. The van der Waals surface area contributed by atoms with Gasteiger partial charge in [0.25, 0.3) is 5.69 Å². The predicted octanol–water partition coefficient (Wildman–Crippen LogP) is 3.75. The van der Waals surface area contributed by atoms with Crippen LogP contribution in [0.5, 0.6) is 11.5 Å². The number of benzene rings is 1. The summed E-state index contributed by atoms with van der Waals surface area (Å²) in [6.45, 7) is 1.42. The summed E-state index contributed by atoms with van der Waals surface area (Å²) in [6.07, 6.45) is 1.39. The third-order valence-corrected chi connectivity index (χ3v) is 2.86. The summed E-state index contributed by atoms with van der Waals surface area (Å²) in [7, 11) is 0. The Kier molecular flexibility index (Phi) is 4.09. The van der Waals surface area contributed by atoms with Gasteiger partial charge in [-0.2, -0.15) is 0 Å². The highest BCUT2D eigenvalue weighted by Gasteiger charge is 2.10. The van der Waals surface area contributed by atoms with Crippen molar-refractivity contribution in [2.45, 2.75) is 6.92 Å². The summed E-state index contributed by atoms with van der Waals surface area (Å²) in [5.74, 6) is 0.556. The van der Waals surface area contributed by atoms with Gasteiger partial charge in [0.2, 0.25) is 0 Å². The number of nitro groups is 1. The van der Waals surface area contributed by atoms with E-state index in [0.29, 0.717) is 21.7 Å². The van der Waals surface area contributed by atoms with E-state index >= 15 is 0 Å². The van der Waals surface area contributed by atoms with Crippen molar-refractivity contribution < 1.29 is 14.5 Å². The Hall–Kier alpha value is -2.28. The van der Waals surface area contributed by atoms with E-state index in [1.54, 1.807) is 12.1 Å². The second kappa shape index (κ2) is 5.79. The molecule has 1 aromatic carbocycles. The first-order chi connectivity index (χ1) is 9.45. The number of nitrogens with zero attached hydrogens (tertiary/aromatic N) is 2. The molecule has 1 heterocycles. The Morgan fingerprint density at radius 3 is 2.60 bits per heavy atom. The predicted molar refractivity (Wildman–Crippen MR) is 75.1 cm³/mol. The zero-order valence-electron chi connectivity index (χ0n) is 10.4. The number of pyridine rings is 1. The fourth-order valence-electron chi connectivity index (χ4n) is 1.50. The fourth-order valence-corrected chi connectivity index (χ4v) is 1.96. The molecule has 2 aromatic rings. The number of carbonyl (C=O) groups is 1. The SMILES string of the molecule is CC(=O)c1ccc(Oc2cc(Br)cc([N+](=O)[O-])c2)cn1. The fraction of sp³-hybridized carbons (Fsp3) is 0.0769. The molecule has 0 N–H and O–H groups in total. The molecule has 2 rings (SSSR count). The third-order valence-electron chi connectivity index (χ3n) is 2.40. The van der Waals surface area contributed by atoms with Gasteiger partial charge in [0.05, 0.1) is 17.2 Å². The minimum Gasteiger partial charge on any atom is -0.455 e. The van der Waals surface area contributed by atoms with Crippen LogP contribution in [0.4, 0.5) is 5.69 Å². The van der Waals surface area contributed by atoms with Crippen LogP contribution in [0.15, 0.2) is 41.0 Å². The molecule has 0 radical (unpaired) electrons. The van der Waals surface area contributed by atoms with E-state index in [2.05, 4.69) is 20.9 Å². The number of hydrogen-bond donors (Lipinski definition) is 0. The molecule has 7 heteroatoms. The Balaban J connectivity index is 2.25. The van der Waals surface area contributed by atoms with Crippen LogP contribution in [0.25, 0.3) is 0 Å². The van der Waals surface area contributed by atoms with Crippen LogP contribution < -0.4 is 4.74 Å². The van der Waals surface area contributed by atoms with Gasteiger partial charge in [-0.25, -0.2) is 4.98 Å². The highest BCUT2D eigenvalue weighted by molar-refractivity contribution is 9.10. The number of halogens is 1. The van der Waals surface area contributed by atoms with Gasteiger partial charge in [-0.3, -0.25) is 14.9 Å². The van der Waals surface area contributed by atoms with Crippen molar-refractivity contribution in [2.75, 3.05) is 0 Å². The first kappa shape index (κ1) is 14.1. The molecule has 1 aromatic heterocycles. The lowest BCUT2D eigenvalue weighted by Gasteiger charge is -2.06. The van der Waals surface area contributed by atoms with Crippen molar-refractivity contribution in [1.82, 2.24) is 4.98 Å². The van der Waals surface area contributed by atoms with Gasteiger partial charge in [-0.1, -0.05) is 15.9 Å². The van der Waals surface area contributed by atoms with Gasteiger partial charge < -0.3 is 4.74 Å². The second-order valence-corrected chi connectivity index (χ2v) is 4.86. The van der Waals surface area contributed by atoms with E-state index in [1.165, 1.54) is 31.3 Å². The average Bonchev–Trinajstić information content (AvgIpc) is 2.38. The van der Waals surface area contributed by atoms with Crippen molar-refractivity contribution in [2.24, 2.45) is 0 Å². The summed E-state index contributed by atoms with van der Waals surface area (Å²) in [4.78, 5) is 25.3. The summed E-state index contributed by atoms with van der Waals surface area (Å²) in [6, 6.07) is 7.40. The minimum atomic E-state index is -0.505. The first-order valence-electron chi connectivity index (χ1n) is 5.55. The van der Waals surface area contributed by atoms with Gasteiger partial charge in [0.1, 0.15) is 17.2 Å². The van der Waals surface area contributed by atoms with Gasteiger partial charge in [-0.15, -0.1) is 0 Å². The highest BCUT2D eigenvalue weighted by Crippen LogP contribution is 2.29. The van der Waals surface area contributed by atoms with Gasteiger partial charge in [-0.05, 0) is 18.2 Å². The van der Waals surface area contributed by atoms with Crippen molar-refractivity contribution in [3.63, 3.8) is 0 Å². The smallest absolute Gasteiger partial charge is 0.274 e. The number of rotatable bonds is 4. The van der Waals surface area contributed by atoms with Crippen molar-refractivity contribution >= 4 is 27.4 Å². The highest BCUT2D eigenvalue weighted by atomic mass is 79.9. The van der Waals surface area contributed by atoms with Crippen LogP contribution >= 0.6 is 15.9 Å². The molecule has 0 saturated heterocycles. The Labute approximate surface area is 122 Å². The summed E-state index contributed by atoms with van der Waals surface area (Å²) in [5.41, 5.74) is 0.250. The van der Waals surface area contributed by atoms with E-state index in [0.717, 1.165) is 0 Å². The molecule has 0 fully saturated rings. The molecule has 0 aliphatic rings. The topological polar surface area (TPSA) is 82.3 Å². The number of aromatic nitrogens is 1. The van der Waals surface area contributed by atoms with E-state index in [9.17, 15) is 14.9 Å². The maximum atomic E-state index is 11.1. The molecule has 0 amide bonds. The monoisotopic (exact) mass is 336 g/mol. The Morgan fingerprint density at radius 2 is 2.05 bits per heavy atom. The van der Waals surface area contributed by atoms with Crippen molar-refractivity contribution in [3.8, 4) is 11.5 Å². The number of hydrogen-bond acceptors (Lipinski definition) is 5. The average molecular weight is 337 g/mol. The zero-order valence-corrected chi connectivity index (χ0v) is 12.0. The van der Waals surface area contributed by atoms with Crippen molar-refractivity contribution in [1.29, 1.82) is 0 Å². The lowest BCUT2D eigenvalue weighted by atomic mass is 10.2. The van der Waals surface area contributed by atoms with Gasteiger partial charge in [0.15, 0.2) is 5.78 Å². The largest absolute Gasteiger partial charge is 0.455 e. The minimum absolute atomic E-state index is 0.0808. The number of carbonyl (C=O) groups excluding carboxylic acids is 1. The molecule has 0 atom stereocenters. The summed E-state index contributed by atoms with van der Waals surface area (Å²) >= 11 is 3.18. The number of nitro benzene ring substituents is 1. The van der Waals surface area contributed by atoms with Gasteiger partial charge in [0, 0.05) is 17.5 Å². The summed E-state index contributed by atoms with van der Waals surface area (Å²) in [5, 5.41) is 10.8.